The first-order chi connectivity index (χ1) is 8.56. The molecular formula is C11H20N6O. The van der Waals surface area contributed by atoms with Crippen LogP contribution in [0, 0.1) is 0 Å². The van der Waals surface area contributed by atoms with Gasteiger partial charge in [0.15, 0.2) is 0 Å². The Kier molecular flexibility index (Phi) is 5.16. The van der Waals surface area contributed by atoms with Crippen molar-refractivity contribution in [1.82, 2.24) is 15.3 Å². The molecule has 0 aliphatic rings. The van der Waals surface area contributed by atoms with Gasteiger partial charge in [-0.15, -0.1) is 0 Å². The van der Waals surface area contributed by atoms with Crippen LogP contribution in [0.1, 0.15) is 20.3 Å². The SMILES string of the molecule is CCCNC(=O)C(C)Nc1cc(NC)nc(N)n1. The van der Waals surface area contributed by atoms with E-state index in [4.69, 9.17) is 5.73 Å². The summed E-state index contributed by atoms with van der Waals surface area (Å²) in [6.07, 6.45) is 0.906. The molecule has 1 aromatic heterocycles. The summed E-state index contributed by atoms with van der Waals surface area (Å²) in [5.74, 6) is 1.21. The highest BCUT2D eigenvalue weighted by Crippen LogP contribution is 2.12. The van der Waals surface area contributed by atoms with Crippen LogP contribution in [0.4, 0.5) is 17.6 Å². The topological polar surface area (TPSA) is 105 Å². The minimum Gasteiger partial charge on any atom is -0.373 e. The van der Waals surface area contributed by atoms with E-state index in [-0.39, 0.29) is 17.9 Å². The second-order valence-corrected chi connectivity index (χ2v) is 3.90. The molecule has 0 saturated heterocycles. The summed E-state index contributed by atoms with van der Waals surface area (Å²) in [5.41, 5.74) is 5.56. The fourth-order valence-electron chi connectivity index (χ4n) is 1.36. The number of rotatable bonds is 6. The van der Waals surface area contributed by atoms with Crippen LogP contribution in [-0.2, 0) is 4.79 Å². The second kappa shape index (κ2) is 6.63. The Bertz CT molecular complexity index is 409. The standard InChI is InChI=1S/C11H20N6O/c1-4-5-14-10(18)7(2)15-9-6-8(13-3)16-11(12)17-9/h6-7H,4-5H2,1-3H3,(H,14,18)(H4,12,13,15,16,17). The van der Waals surface area contributed by atoms with Crippen LogP contribution in [0.5, 0.6) is 0 Å². The van der Waals surface area contributed by atoms with Crippen molar-refractivity contribution in [3.8, 4) is 0 Å². The minimum atomic E-state index is -0.379. The van der Waals surface area contributed by atoms with Crippen molar-refractivity contribution >= 4 is 23.5 Å². The highest BCUT2D eigenvalue weighted by Gasteiger charge is 2.13. The van der Waals surface area contributed by atoms with Crippen LogP contribution < -0.4 is 21.7 Å². The molecule has 0 aliphatic heterocycles. The van der Waals surface area contributed by atoms with Crippen LogP contribution in [-0.4, -0.2) is 35.5 Å². The number of hydrogen-bond acceptors (Lipinski definition) is 6. The fourth-order valence-corrected chi connectivity index (χ4v) is 1.36. The largest absolute Gasteiger partial charge is 0.373 e. The molecule has 0 bridgehead atoms. The van der Waals surface area contributed by atoms with Crippen molar-refractivity contribution in [2.45, 2.75) is 26.3 Å². The normalized spacial score (nSPS) is 11.7. The Morgan fingerprint density at radius 2 is 2.11 bits per heavy atom. The molecule has 1 rings (SSSR count). The average molecular weight is 252 g/mol. The summed E-state index contributed by atoms with van der Waals surface area (Å²) in [6, 6.07) is 1.32. The Hall–Kier alpha value is -2.05. The highest BCUT2D eigenvalue weighted by atomic mass is 16.2. The number of nitrogens with zero attached hydrogens (tertiary/aromatic N) is 2. The number of aromatic nitrogens is 2. The van der Waals surface area contributed by atoms with Crippen molar-refractivity contribution in [3.63, 3.8) is 0 Å². The lowest BCUT2D eigenvalue weighted by atomic mass is 10.3. The lowest BCUT2D eigenvalue weighted by Crippen LogP contribution is -2.38. The van der Waals surface area contributed by atoms with Gasteiger partial charge in [-0.05, 0) is 13.3 Å². The Labute approximate surface area is 107 Å². The van der Waals surface area contributed by atoms with Gasteiger partial charge in [-0.2, -0.15) is 9.97 Å². The Morgan fingerprint density at radius 1 is 1.44 bits per heavy atom. The van der Waals surface area contributed by atoms with E-state index in [1.54, 1.807) is 20.0 Å². The lowest BCUT2D eigenvalue weighted by Gasteiger charge is -2.15. The molecule has 0 spiro atoms. The molecule has 1 atom stereocenters. The Morgan fingerprint density at radius 3 is 2.72 bits per heavy atom. The van der Waals surface area contributed by atoms with Crippen molar-refractivity contribution in [2.24, 2.45) is 0 Å². The van der Waals surface area contributed by atoms with E-state index in [1.807, 2.05) is 6.92 Å². The summed E-state index contributed by atoms with van der Waals surface area (Å²) in [6.45, 7) is 4.43. The predicted molar refractivity (Wildman–Crippen MR) is 72.4 cm³/mol. The van der Waals surface area contributed by atoms with Gasteiger partial charge in [0, 0.05) is 19.7 Å². The fraction of sp³-hybridized carbons (Fsp3) is 0.545. The van der Waals surface area contributed by atoms with Crippen molar-refractivity contribution in [3.05, 3.63) is 6.07 Å². The van der Waals surface area contributed by atoms with E-state index in [1.165, 1.54) is 0 Å². The summed E-state index contributed by atoms with van der Waals surface area (Å²) >= 11 is 0. The number of amides is 1. The van der Waals surface area contributed by atoms with Crippen LogP contribution >= 0.6 is 0 Å². The van der Waals surface area contributed by atoms with E-state index >= 15 is 0 Å². The zero-order valence-electron chi connectivity index (χ0n) is 10.9. The summed E-state index contributed by atoms with van der Waals surface area (Å²) in [7, 11) is 1.74. The van der Waals surface area contributed by atoms with Crippen molar-refractivity contribution in [1.29, 1.82) is 0 Å². The van der Waals surface area contributed by atoms with Gasteiger partial charge in [-0.3, -0.25) is 4.79 Å². The smallest absolute Gasteiger partial charge is 0.242 e. The van der Waals surface area contributed by atoms with E-state index in [0.29, 0.717) is 18.2 Å². The predicted octanol–water partition coefficient (Wildman–Crippen LogP) is 0.427. The third kappa shape index (κ3) is 4.08. The zero-order valence-corrected chi connectivity index (χ0v) is 10.9. The van der Waals surface area contributed by atoms with Gasteiger partial charge < -0.3 is 21.7 Å². The maximum atomic E-state index is 11.7. The number of carbonyl (C=O) groups is 1. The Balaban J connectivity index is 2.66. The number of nitrogens with two attached hydrogens (primary N) is 1. The van der Waals surface area contributed by atoms with Crippen LogP contribution in [0.3, 0.4) is 0 Å². The molecule has 1 unspecified atom stereocenters. The van der Waals surface area contributed by atoms with Crippen LogP contribution in [0.2, 0.25) is 0 Å². The molecule has 0 aliphatic carbocycles. The van der Waals surface area contributed by atoms with Crippen LogP contribution in [0.15, 0.2) is 6.07 Å². The maximum Gasteiger partial charge on any atom is 0.242 e. The molecule has 0 saturated carbocycles. The van der Waals surface area contributed by atoms with Gasteiger partial charge in [-0.1, -0.05) is 6.92 Å². The molecule has 7 nitrogen and oxygen atoms in total. The molecule has 5 N–H and O–H groups in total. The number of nitrogens with one attached hydrogen (secondary N) is 3. The monoisotopic (exact) mass is 252 g/mol. The number of carbonyl (C=O) groups excluding carboxylic acids is 1. The third-order valence-corrected chi connectivity index (χ3v) is 2.31. The van der Waals surface area contributed by atoms with Gasteiger partial charge in [0.2, 0.25) is 11.9 Å². The van der Waals surface area contributed by atoms with Crippen molar-refractivity contribution in [2.75, 3.05) is 30.0 Å². The first-order valence-corrected chi connectivity index (χ1v) is 5.93. The quantitative estimate of drug-likeness (QED) is 0.585. The average Bonchev–Trinajstić information content (AvgIpc) is 2.34. The molecule has 0 fully saturated rings. The molecule has 1 aromatic rings. The summed E-state index contributed by atoms with van der Waals surface area (Å²) < 4.78 is 0. The van der Waals surface area contributed by atoms with Gasteiger partial charge in [0.25, 0.3) is 0 Å². The molecule has 0 aromatic carbocycles. The molecule has 0 radical (unpaired) electrons. The molecular weight excluding hydrogens is 232 g/mol. The second-order valence-electron chi connectivity index (χ2n) is 3.90. The molecule has 1 heterocycles. The van der Waals surface area contributed by atoms with E-state index in [2.05, 4.69) is 25.9 Å². The first-order valence-electron chi connectivity index (χ1n) is 5.93. The molecule has 100 valence electrons. The third-order valence-electron chi connectivity index (χ3n) is 2.31. The van der Waals surface area contributed by atoms with Crippen molar-refractivity contribution < 1.29 is 4.79 Å². The van der Waals surface area contributed by atoms with E-state index in [9.17, 15) is 4.79 Å². The summed E-state index contributed by atoms with van der Waals surface area (Å²) in [4.78, 5) is 19.7. The maximum absolute atomic E-state index is 11.7. The highest BCUT2D eigenvalue weighted by molar-refractivity contribution is 5.84. The summed E-state index contributed by atoms with van der Waals surface area (Å²) in [5, 5.41) is 8.66. The van der Waals surface area contributed by atoms with Gasteiger partial charge in [0.05, 0.1) is 0 Å². The van der Waals surface area contributed by atoms with E-state index in [0.717, 1.165) is 6.42 Å². The number of hydrogen-bond donors (Lipinski definition) is 4. The lowest BCUT2D eigenvalue weighted by molar-refractivity contribution is -0.121. The van der Waals surface area contributed by atoms with Gasteiger partial charge in [0.1, 0.15) is 17.7 Å². The van der Waals surface area contributed by atoms with Crippen LogP contribution in [0.25, 0.3) is 0 Å². The van der Waals surface area contributed by atoms with Gasteiger partial charge >= 0.3 is 0 Å². The number of nitrogen functional groups attached to an aromatic ring is 1. The molecule has 7 heteroatoms. The minimum absolute atomic E-state index is 0.0694. The number of anilines is 3. The van der Waals surface area contributed by atoms with E-state index < -0.39 is 0 Å². The zero-order chi connectivity index (χ0) is 13.5. The molecule has 18 heavy (non-hydrogen) atoms. The first kappa shape index (κ1) is 14.0. The molecule has 1 amide bonds. The van der Waals surface area contributed by atoms with Gasteiger partial charge in [-0.25, -0.2) is 0 Å².